The highest BCUT2D eigenvalue weighted by atomic mass is 35.5. The molecular formula is C22H18Cl2N4O2S2. The van der Waals surface area contributed by atoms with Gasteiger partial charge in [-0.15, -0.1) is 11.8 Å². The summed E-state index contributed by atoms with van der Waals surface area (Å²) in [5.74, 6) is 0. The molecule has 4 aromatic rings. The van der Waals surface area contributed by atoms with Crippen LogP contribution >= 0.6 is 46.3 Å². The molecule has 0 N–H and O–H groups in total. The first kappa shape index (κ1) is 24.2. The Morgan fingerprint density at radius 3 is 2.38 bits per heavy atom. The summed E-state index contributed by atoms with van der Waals surface area (Å²) in [6, 6.07) is 9.59. The summed E-state index contributed by atoms with van der Waals surface area (Å²) in [5.41, 5.74) is 4.95. The quantitative estimate of drug-likeness (QED) is 0.285. The van der Waals surface area contributed by atoms with Gasteiger partial charge in [-0.2, -0.15) is 14.7 Å². The zero-order valence-corrected chi connectivity index (χ0v) is 20.5. The van der Waals surface area contributed by atoms with Gasteiger partial charge in [0.1, 0.15) is 0 Å². The lowest BCUT2D eigenvalue weighted by atomic mass is 10.1. The van der Waals surface area contributed by atoms with E-state index in [-0.39, 0.29) is 6.15 Å². The molecule has 6 nitrogen and oxygen atoms in total. The van der Waals surface area contributed by atoms with E-state index in [4.69, 9.17) is 42.9 Å². The van der Waals surface area contributed by atoms with Gasteiger partial charge in [0.2, 0.25) is 5.13 Å². The standard InChI is InChI=1S/C21H18Cl2N4S2.CO2/c1-12(2)28-20-19(15-4-5-17(22)18(23)10-15)25-21(29-20)27-11-16(13(3)26-27)14-6-8-24-9-7-14;2-1-3/h4-12H,1-3H3;. The molecule has 1 aromatic carbocycles. The first-order valence-corrected chi connectivity index (χ1v) is 11.9. The zero-order chi connectivity index (χ0) is 23.3. The number of pyridine rings is 1. The van der Waals surface area contributed by atoms with E-state index in [2.05, 4.69) is 18.8 Å². The Hall–Kier alpha value is -2.48. The Morgan fingerprint density at radius 2 is 1.75 bits per heavy atom. The van der Waals surface area contributed by atoms with Crippen molar-refractivity contribution in [3.8, 4) is 27.5 Å². The molecule has 0 unspecified atom stereocenters. The molecule has 0 atom stereocenters. The van der Waals surface area contributed by atoms with E-state index in [1.165, 1.54) is 0 Å². The van der Waals surface area contributed by atoms with Gasteiger partial charge in [-0.1, -0.05) is 54.5 Å². The molecular weight excluding hydrogens is 487 g/mol. The molecule has 3 heterocycles. The van der Waals surface area contributed by atoms with Crippen LogP contribution in [0.5, 0.6) is 0 Å². The minimum atomic E-state index is 0.250. The Balaban J connectivity index is 0.000000913. The van der Waals surface area contributed by atoms with E-state index in [9.17, 15) is 0 Å². The molecule has 10 heteroatoms. The maximum atomic E-state index is 8.12. The molecule has 0 aliphatic carbocycles. The molecule has 0 bridgehead atoms. The van der Waals surface area contributed by atoms with E-state index in [0.29, 0.717) is 15.3 Å². The fraction of sp³-hybridized carbons (Fsp3) is 0.182. The molecule has 0 spiro atoms. The maximum absolute atomic E-state index is 8.12. The Bertz CT molecular complexity index is 1250. The molecule has 0 radical (unpaired) electrons. The topological polar surface area (TPSA) is 77.7 Å². The van der Waals surface area contributed by atoms with Crippen molar-refractivity contribution in [3.05, 3.63) is 64.7 Å². The number of rotatable bonds is 5. The summed E-state index contributed by atoms with van der Waals surface area (Å²) in [7, 11) is 0. The molecule has 4 rings (SSSR count). The lowest BCUT2D eigenvalue weighted by Crippen LogP contribution is -1.94. The van der Waals surface area contributed by atoms with Crippen LogP contribution in [0.15, 0.2) is 53.1 Å². The molecule has 0 saturated heterocycles. The van der Waals surface area contributed by atoms with Gasteiger partial charge in [0.25, 0.3) is 0 Å². The molecule has 0 aliphatic rings. The van der Waals surface area contributed by atoms with Crippen LogP contribution < -0.4 is 0 Å². The van der Waals surface area contributed by atoms with Crippen molar-refractivity contribution in [2.75, 3.05) is 0 Å². The van der Waals surface area contributed by atoms with Gasteiger partial charge in [-0.05, 0) is 36.8 Å². The van der Waals surface area contributed by atoms with Gasteiger partial charge in [0.05, 0.1) is 25.6 Å². The van der Waals surface area contributed by atoms with Crippen LogP contribution in [-0.2, 0) is 9.59 Å². The van der Waals surface area contributed by atoms with Crippen molar-refractivity contribution in [1.82, 2.24) is 19.7 Å². The smallest absolute Gasteiger partial charge is 0.265 e. The van der Waals surface area contributed by atoms with Crippen molar-refractivity contribution in [1.29, 1.82) is 0 Å². The highest BCUT2D eigenvalue weighted by Crippen LogP contribution is 2.41. The molecule has 3 aromatic heterocycles. The van der Waals surface area contributed by atoms with Crippen molar-refractivity contribution < 1.29 is 9.59 Å². The number of halogens is 2. The van der Waals surface area contributed by atoms with Crippen LogP contribution in [0.4, 0.5) is 0 Å². The minimum absolute atomic E-state index is 0.250. The number of hydrogen-bond donors (Lipinski definition) is 0. The highest BCUT2D eigenvalue weighted by molar-refractivity contribution is 8.01. The number of hydrogen-bond acceptors (Lipinski definition) is 7. The molecule has 0 aliphatic heterocycles. The van der Waals surface area contributed by atoms with E-state index in [1.54, 1.807) is 35.5 Å². The largest absolute Gasteiger partial charge is 0.373 e. The predicted molar refractivity (Wildman–Crippen MR) is 129 cm³/mol. The molecule has 32 heavy (non-hydrogen) atoms. The van der Waals surface area contributed by atoms with Gasteiger partial charge in [-0.3, -0.25) is 4.98 Å². The maximum Gasteiger partial charge on any atom is 0.373 e. The third kappa shape index (κ3) is 5.65. The fourth-order valence-electron chi connectivity index (χ4n) is 2.89. The molecule has 164 valence electrons. The molecule has 0 fully saturated rings. The average molecular weight is 505 g/mol. The van der Waals surface area contributed by atoms with Crippen molar-refractivity contribution in [2.24, 2.45) is 0 Å². The van der Waals surface area contributed by atoms with Crippen LogP contribution in [0.3, 0.4) is 0 Å². The summed E-state index contributed by atoms with van der Waals surface area (Å²) in [6.07, 6.45) is 5.84. The highest BCUT2D eigenvalue weighted by Gasteiger charge is 2.19. The van der Waals surface area contributed by atoms with E-state index < -0.39 is 0 Å². The van der Waals surface area contributed by atoms with Gasteiger partial charge in [-0.25, -0.2) is 9.67 Å². The summed E-state index contributed by atoms with van der Waals surface area (Å²) in [6.45, 7) is 6.34. The number of nitrogens with zero attached hydrogens (tertiary/aromatic N) is 4. The third-order valence-corrected chi connectivity index (χ3v) is 7.20. The summed E-state index contributed by atoms with van der Waals surface area (Å²) in [5, 5.41) is 7.01. The van der Waals surface area contributed by atoms with Crippen molar-refractivity contribution in [2.45, 2.75) is 30.2 Å². The normalized spacial score (nSPS) is 10.6. The fourth-order valence-corrected chi connectivity index (χ4v) is 5.63. The number of thioether (sulfide) groups is 1. The van der Waals surface area contributed by atoms with Gasteiger partial charge in [0.15, 0.2) is 0 Å². The van der Waals surface area contributed by atoms with Gasteiger partial charge < -0.3 is 0 Å². The number of aryl methyl sites for hydroxylation is 1. The summed E-state index contributed by atoms with van der Waals surface area (Å²) >= 11 is 15.8. The lowest BCUT2D eigenvalue weighted by molar-refractivity contribution is -0.191. The van der Waals surface area contributed by atoms with Crippen LogP contribution in [0, 0.1) is 6.92 Å². The summed E-state index contributed by atoms with van der Waals surface area (Å²) in [4.78, 5) is 25.3. The van der Waals surface area contributed by atoms with E-state index >= 15 is 0 Å². The lowest BCUT2D eigenvalue weighted by Gasteiger charge is -2.05. The second-order valence-corrected chi connectivity index (χ2v) is 10.5. The Labute approximate surface area is 203 Å². The van der Waals surface area contributed by atoms with Crippen LogP contribution in [0.1, 0.15) is 19.5 Å². The number of benzene rings is 1. The number of aromatic nitrogens is 4. The van der Waals surface area contributed by atoms with Crippen LogP contribution in [0.2, 0.25) is 10.0 Å². The first-order valence-electron chi connectivity index (χ1n) is 9.43. The van der Waals surface area contributed by atoms with Gasteiger partial charge in [0, 0.05) is 35.0 Å². The third-order valence-electron chi connectivity index (χ3n) is 4.21. The van der Waals surface area contributed by atoms with E-state index in [1.807, 2.05) is 48.1 Å². The van der Waals surface area contributed by atoms with E-state index in [0.717, 1.165) is 37.4 Å². The summed E-state index contributed by atoms with van der Waals surface area (Å²) < 4.78 is 2.98. The Kier molecular flexibility index (Phi) is 8.23. The Morgan fingerprint density at radius 1 is 1.06 bits per heavy atom. The SMILES string of the molecule is Cc1nn(-c2nc(-c3ccc(Cl)c(Cl)c3)c(SC(C)C)s2)cc1-c1ccncc1.O=C=O. The van der Waals surface area contributed by atoms with Crippen molar-refractivity contribution in [3.63, 3.8) is 0 Å². The van der Waals surface area contributed by atoms with Crippen LogP contribution in [-0.4, -0.2) is 31.1 Å². The van der Waals surface area contributed by atoms with Gasteiger partial charge >= 0.3 is 6.15 Å². The molecule has 0 amide bonds. The zero-order valence-electron chi connectivity index (χ0n) is 17.4. The van der Waals surface area contributed by atoms with Crippen LogP contribution in [0.25, 0.3) is 27.5 Å². The minimum Gasteiger partial charge on any atom is -0.265 e. The molecule has 0 saturated carbocycles. The number of thiazole rings is 1. The monoisotopic (exact) mass is 504 g/mol. The second kappa shape index (κ2) is 10.9. The second-order valence-electron chi connectivity index (χ2n) is 6.82. The average Bonchev–Trinajstić information content (AvgIpc) is 3.34. The van der Waals surface area contributed by atoms with Crippen molar-refractivity contribution >= 4 is 52.5 Å². The first-order chi connectivity index (χ1) is 15.3. The predicted octanol–water partition coefficient (Wildman–Crippen LogP) is 6.59. The number of carbonyl (C=O) groups excluding carboxylic acids is 2.